The second-order valence-electron chi connectivity index (χ2n) is 5.38. The van der Waals surface area contributed by atoms with Crippen molar-refractivity contribution >= 4 is 5.97 Å². The number of carboxylic acid groups (broad SMARTS) is 1. The highest BCUT2D eigenvalue weighted by atomic mass is 16.5. The molecule has 19 heavy (non-hydrogen) atoms. The van der Waals surface area contributed by atoms with Crippen molar-refractivity contribution in [2.24, 2.45) is 0 Å². The van der Waals surface area contributed by atoms with Crippen LogP contribution < -0.4 is 5.56 Å². The molecule has 0 saturated carbocycles. The van der Waals surface area contributed by atoms with Gasteiger partial charge in [0.15, 0.2) is 0 Å². The zero-order valence-corrected chi connectivity index (χ0v) is 11.5. The maximum atomic E-state index is 12.3. The van der Waals surface area contributed by atoms with Gasteiger partial charge in [0.05, 0.1) is 5.56 Å². The van der Waals surface area contributed by atoms with Gasteiger partial charge in [-0.1, -0.05) is 0 Å². The van der Waals surface area contributed by atoms with Crippen LogP contribution in [0.5, 0.6) is 0 Å². The van der Waals surface area contributed by atoms with Crippen LogP contribution in [0.15, 0.2) is 10.9 Å². The Labute approximate surface area is 111 Å². The monoisotopic (exact) mass is 265 g/mol. The molecule has 0 aromatic carbocycles. The number of pyridine rings is 1. The molecule has 1 aliphatic heterocycles. The van der Waals surface area contributed by atoms with E-state index in [-0.39, 0.29) is 16.7 Å². The summed E-state index contributed by atoms with van der Waals surface area (Å²) < 4.78 is 6.97. The van der Waals surface area contributed by atoms with Gasteiger partial charge in [-0.2, -0.15) is 0 Å². The van der Waals surface area contributed by atoms with E-state index in [0.717, 1.165) is 12.8 Å². The maximum absolute atomic E-state index is 12.3. The number of hydrogen-bond acceptors (Lipinski definition) is 3. The van der Waals surface area contributed by atoms with E-state index in [1.54, 1.807) is 18.4 Å². The number of rotatable bonds is 2. The fourth-order valence-corrected chi connectivity index (χ4v) is 2.91. The molecule has 1 fully saturated rings. The summed E-state index contributed by atoms with van der Waals surface area (Å²) in [6.07, 6.45) is 1.44. The van der Waals surface area contributed by atoms with Crippen LogP contribution in [0.2, 0.25) is 0 Å². The zero-order valence-electron chi connectivity index (χ0n) is 11.5. The number of hydrogen-bond donors (Lipinski definition) is 1. The molecule has 0 spiro atoms. The summed E-state index contributed by atoms with van der Waals surface area (Å²) in [5.41, 5.74) is 0.776. The number of ether oxygens (including phenoxy) is 1. The van der Waals surface area contributed by atoms with Crippen molar-refractivity contribution < 1.29 is 14.6 Å². The molecule has 1 aromatic heterocycles. The second-order valence-corrected chi connectivity index (χ2v) is 5.38. The first-order valence-corrected chi connectivity index (χ1v) is 6.41. The quantitative estimate of drug-likeness (QED) is 0.883. The lowest BCUT2D eigenvalue weighted by molar-refractivity contribution is 0.0269. The molecule has 2 heterocycles. The molecule has 0 atom stereocenters. The van der Waals surface area contributed by atoms with Crippen molar-refractivity contribution in [2.45, 2.75) is 39.2 Å². The van der Waals surface area contributed by atoms with Gasteiger partial charge in [-0.3, -0.25) is 4.79 Å². The van der Waals surface area contributed by atoms with Crippen LogP contribution in [0.4, 0.5) is 0 Å². The number of aromatic nitrogens is 1. The van der Waals surface area contributed by atoms with Crippen LogP contribution in [-0.4, -0.2) is 28.9 Å². The molecule has 5 heteroatoms. The zero-order chi connectivity index (χ0) is 14.2. The average Bonchev–Trinajstić information content (AvgIpc) is 2.27. The first kappa shape index (κ1) is 13.8. The van der Waals surface area contributed by atoms with E-state index in [1.807, 2.05) is 6.92 Å². The van der Waals surface area contributed by atoms with E-state index in [9.17, 15) is 14.7 Å². The number of aromatic carboxylic acids is 1. The normalized spacial score (nSPS) is 18.3. The first-order valence-electron chi connectivity index (χ1n) is 6.41. The number of nitrogens with zero attached hydrogens (tertiary/aromatic N) is 1. The highest BCUT2D eigenvalue weighted by Crippen LogP contribution is 2.29. The lowest BCUT2D eigenvalue weighted by Gasteiger charge is -2.37. The van der Waals surface area contributed by atoms with E-state index in [1.165, 1.54) is 6.07 Å². The number of aryl methyl sites for hydroxylation is 1. The summed E-state index contributed by atoms with van der Waals surface area (Å²) in [5, 5.41) is 9.30. The van der Waals surface area contributed by atoms with Crippen molar-refractivity contribution in [2.75, 3.05) is 13.2 Å². The van der Waals surface area contributed by atoms with Gasteiger partial charge in [0, 0.05) is 30.5 Å². The topological polar surface area (TPSA) is 68.5 Å². The first-order chi connectivity index (χ1) is 8.87. The Morgan fingerprint density at radius 1 is 1.37 bits per heavy atom. The van der Waals surface area contributed by atoms with E-state index >= 15 is 0 Å². The SMILES string of the molecule is Cc1cc(=O)n(C2(C)CCOCC2)c(C)c1C(=O)O. The molecule has 1 aliphatic rings. The van der Waals surface area contributed by atoms with Crippen LogP contribution in [0.25, 0.3) is 0 Å². The Hall–Kier alpha value is -1.62. The van der Waals surface area contributed by atoms with Crippen LogP contribution in [0.3, 0.4) is 0 Å². The van der Waals surface area contributed by atoms with Gasteiger partial charge in [0.2, 0.25) is 0 Å². The minimum atomic E-state index is -0.987. The molecular formula is C14H19NO4. The Morgan fingerprint density at radius 3 is 2.47 bits per heavy atom. The summed E-state index contributed by atoms with van der Waals surface area (Å²) in [7, 11) is 0. The summed E-state index contributed by atoms with van der Waals surface area (Å²) >= 11 is 0. The molecule has 0 bridgehead atoms. The predicted molar refractivity (Wildman–Crippen MR) is 70.8 cm³/mol. The van der Waals surface area contributed by atoms with Crippen LogP contribution >= 0.6 is 0 Å². The van der Waals surface area contributed by atoms with E-state index in [4.69, 9.17) is 4.74 Å². The third kappa shape index (κ3) is 2.30. The Balaban J connectivity index is 2.66. The van der Waals surface area contributed by atoms with Crippen molar-refractivity contribution in [1.82, 2.24) is 4.57 Å². The smallest absolute Gasteiger partial charge is 0.337 e. The third-order valence-electron chi connectivity index (χ3n) is 3.98. The molecule has 104 valence electrons. The van der Waals surface area contributed by atoms with E-state index in [0.29, 0.717) is 24.5 Å². The fourth-order valence-electron chi connectivity index (χ4n) is 2.91. The molecule has 0 radical (unpaired) electrons. The highest BCUT2D eigenvalue weighted by molar-refractivity contribution is 5.90. The summed E-state index contributed by atoms with van der Waals surface area (Å²) in [5.74, 6) is -0.987. The van der Waals surface area contributed by atoms with Crippen LogP contribution in [-0.2, 0) is 10.3 Å². The van der Waals surface area contributed by atoms with Gasteiger partial charge in [-0.15, -0.1) is 0 Å². The highest BCUT2D eigenvalue weighted by Gasteiger charge is 2.32. The van der Waals surface area contributed by atoms with Gasteiger partial charge >= 0.3 is 5.97 Å². The molecule has 0 aliphatic carbocycles. The molecule has 2 rings (SSSR count). The summed E-state index contributed by atoms with van der Waals surface area (Å²) in [4.78, 5) is 23.6. The lowest BCUT2D eigenvalue weighted by Crippen LogP contribution is -2.44. The lowest BCUT2D eigenvalue weighted by atomic mass is 9.90. The molecule has 1 saturated heterocycles. The van der Waals surface area contributed by atoms with Gasteiger partial charge in [-0.05, 0) is 39.2 Å². The van der Waals surface area contributed by atoms with Gasteiger partial charge in [0.25, 0.3) is 5.56 Å². The summed E-state index contributed by atoms with van der Waals surface area (Å²) in [6.45, 7) is 6.55. The minimum Gasteiger partial charge on any atom is -0.478 e. The van der Waals surface area contributed by atoms with Crippen LogP contribution in [0.1, 0.15) is 41.4 Å². The molecule has 5 nitrogen and oxygen atoms in total. The van der Waals surface area contributed by atoms with Crippen molar-refractivity contribution in [3.63, 3.8) is 0 Å². The molecular weight excluding hydrogens is 246 g/mol. The average molecular weight is 265 g/mol. The minimum absolute atomic E-state index is 0.135. The Morgan fingerprint density at radius 2 is 1.95 bits per heavy atom. The number of carboxylic acids is 1. The maximum Gasteiger partial charge on any atom is 0.337 e. The predicted octanol–water partition coefficient (Wildman–Crippen LogP) is 1.69. The van der Waals surface area contributed by atoms with Gasteiger partial charge in [0.1, 0.15) is 0 Å². The van der Waals surface area contributed by atoms with Crippen molar-refractivity contribution in [3.8, 4) is 0 Å². The fraction of sp³-hybridized carbons (Fsp3) is 0.571. The Kier molecular flexibility index (Phi) is 3.49. The summed E-state index contributed by atoms with van der Waals surface area (Å²) in [6, 6.07) is 1.41. The van der Waals surface area contributed by atoms with Gasteiger partial charge < -0.3 is 14.4 Å². The third-order valence-corrected chi connectivity index (χ3v) is 3.98. The molecule has 1 aromatic rings. The Bertz CT molecular complexity index is 568. The van der Waals surface area contributed by atoms with Gasteiger partial charge in [-0.25, -0.2) is 4.79 Å². The largest absolute Gasteiger partial charge is 0.478 e. The number of carbonyl (C=O) groups is 1. The van der Waals surface area contributed by atoms with E-state index < -0.39 is 5.97 Å². The molecule has 0 unspecified atom stereocenters. The van der Waals surface area contributed by atoms with Crippen LogP contribution in [0, 0.1) is 13.8 Å². The van der Waals surface area contributed by atoms with Crippen molar-refractivity contribution in [1.29, 1.82) is 0 Å². The molecule has 0 amide bonds. The van der Waals surface area contributed by atoms with Crippen molar-refractivity contribution in [3.05, 3.63) is 33.2 Å². The standard InChI is InChI=1S/C14H19NO4/c1-9-8-11(16)15(10(2)12(9)13(17)18)14(3)4-6-19-7-5-14/h8H,4-7H2,1-3H3,(H,17,18). The second kappa shape index (κ2) is 4.81. The molecule has 1 N–H and O–H groups in total. The van der Waals surface area contributed by atoms with E-state index in [2.05, 4.69) is 0 Å².